The van der Waals surface area contributed by atoms with Crippen LogP contribution < -0.4 is 15.6 Å². The van der Waals surface area contributed by atoms with E-state index in [1.807, 2.05) is 0 Å². The van der Waals surface area contributed by atoms with Crippen LogP contribution in [-0.4, -0.2) is 35.6 Å². The normalized spacial score (nSPS) is 11.2. The van der Waals surface area contributed by atoms with Crippen LogP contribution in [0.5, 0.6) is 11.6 Å². The summed E-state index contributed by atoms with van der Waals surface area (Å²) in [5, 5.41) is 12.0. The number of methoxy groups -OCH3 is 1. The molecule has 0 atom stereocenters. The molecule has 31 heavy (non-hydrogen) atoms. The number of fused-ring (bicyclic) bond motifs is 1. The van der Waals surface area contributed by atoms with Crippen molar-refractivity contribution in [1.82, 2.24) is 14.7 Å². The molecule has 0 unspecified atom stereocenters. The maximum atomic E-state index is 14.2. The van der Waals surface area contributed by atoms with Crippen molar-refractivity contribution >= 4 is 17.6 Å². The monoisotopic (exact) mass is 422 g/mol. The van der Waals surface area contributed by atoms with Gasteiger partial charge in [-0.2, -0.15) is 10.2 Å². The van der Waals surface area contributed by atoms with Crippen molar-refractivity contribution in [2.75, 3.05) is 20.3 Å². The largest absolute Gasteiger partial charge is 0.435 e. The molecule has 3 aromatic rings. The Balaban J connectivity index is 2.17. The van der Waals surface area contributed by atoms with E-state index in [-0.39, 0.29) is 35.9 Å². The number of nitrogens with zero attached hydrogens (tertiary/aromatic N) is 3. The van der Waals surface area contributed by atoms with Gasteiger partial charge >= 0.3 is 0 Å². The molecule has 158 valence electrons. The minimum atomic E-state index is -0.690. The summed E-state index contributed by atoms with van der Waals surface area (Å²) in [7, 11) is 1.48. The first-order chi connectivity index (χ1) is 15.0. The van der Waals surface area contributed by atoms with E-state index in [2.05, 4.69) is 10.3 Å². The van der Waals surface area contributed by atoms with Crippen LogP contribution in [0.1, 0.15) is 11.1 Å². The molecular weight excluding hydrogens is 403 g/mol. The average Bonchev–Trinajstić information content (AvgIpc) is 2.76. The van der Waals surface area contributed by atoms with Crippen molar-refractivity contribution in [2.45, 2.75) is 6.92 Å². The summed E-state index contributed by atoms with van der Waals surface area (Å²) in [6.07, 6.45) is 2.59. The molecule has 2 aromatic heterocycles. The lowest BCUT2D eigenvalue weighted by Gasteiger charge is -2.12. The first kappa shape index (κ1) is 21.7. The Kier molecular flexibility index (Phi) is 6.74. The van der Waals surface area contributed by atoms with Crippen molar-refractivity contribution in [1.29, 1.82) is 5.26 Å². The molecule has 1 amide bonds. The molecule has 0 bridgehead atoms. The minimum Gasteiger partial charge on any atom is -0.435 e. The van der Waals surface area contributed by atoms with Crippen LogP contribution in [0.2, 0.25) is 0 Å². The Hall–Kier alpha value is -4.03. The molecule has 3 rings (SSSR count). The molecule has 8 nitrogen and oxygen atoms in total. The summed E-state index contributed by atoms with van der Waals surface area (Å²) in [4.78, 5) is 29.8. The second kappa shape index (κ2) is 9.65. The summed E-state index contributed by atoms with van der Waals surface area (Å²) < 4.78 is 25.9. The predicted octanol–water partition coefficient (Wildman–Crippen LogP) is 2.60. The van der Waals surface area contributed by atoms with Gasteiger partial charge in [0.25, 0.3) is 11.5 Å². The predicted molar refractivity (Wildman–Crippen MR) is 111 cm³/mol. The van der Waals surface area contributed by atoms with Gasteiger partial charge < -0.3 is 14.8 Å². The van der Waals surface area contributed by atoms with Crippen LogP contribution in [0.3, 0.4) is 0 Å². The molecule has 0 saturated heterocycles. The zero-order chi connectivity index (χ0) is 22.4. The highest BCUT2D eigenvalue weighted by Gasteiger charge is 2.18. The fourth-order valence-corrected chi connectivity index (χ4v) is 2.78. The number of halogens is 1. The average molecular weight is 422 g/mol. The molecule has 0 saturated carbocycles. The molecule has 0 spiro atoms. The van der Waals surface area contributed by atoms with Crippen LogP contribution in [0, 0.1) is 24.1 Å². The van der Waals surface area contributed by atoms with Crippen molar-refractivity contribution in [3.8, 4) is 17.7 Å². The fourth-order valence-electron chi connectivity index (χ4n) is 2.78. The van der Waals surface area contributed by atoms with E-state index in [9.17, 15) is 19.2 Å². The molecule has 1 N–H and O–H groups in total. The van der Waals surface area contributed by atoms with Crippen molar-refractivity contribution in [3.63, 3.8) is 0 Å². The summed E-state index contributed by atoms with van der Waals surface area (Å²) in [5.74, 6) is -1.71. The number of aryl methyl sites for hydroxylation is 1. The second-order valence-electron chi connectivity index (χ2n) is 6.47. The van der Waals surface area contributed by atoms with Gasteiger partial charge in [0.1, 0.15) is 22.9 Å². The number of hydrogen-bond donors (Lipinski definition) is 1. The number of benzene rings is 1. The van der Waals surface area contributed by atoms with Gasteiger partial charge in [0.15, 0.2) is 11.6 Å². The van der Waals surface area contributed by atoms with E-state index >= 15 is 0 Å². The van der Waals surface area contributed by atoms with Crippen LogP contribution >= 0.6 is 0 Å². The number of nitrogens with one attached hydrogen (secondary N) is 1. The van der Waals surface area contributed by atoms with E-state index in [4.69, 9.17) is 9.47 Å². The molecular formula is C22H19FN4O4. The molecule has 9 heteroatoms. The van der Waals surface area contributed by atoms with Gasteiger partial charge in [-0.05, 0) is 36.8 Å². The Morgan fingerprint density at radius 2 is 2.10 bits per heavy atom. The Morgan fingerprint density at radius 3 is 2.81 bits per heavy atom. The molecule has 0 aliphatic rings. The number of carbonyl (C=O) groups excluding carboxylic acids is 1. The van der Waals surface area contributed by atoms with Gasteiger partial charge in [-0.25, -0.2) is 4.39 Å². The number of para-hydroxylation sites is 1. The highest BCUT2D eigenvalue weighted by Crippen LogP contribution is 2.26. The third kappa shape index (κ3) is 4.76. The Morgan fingerprint density at radius 1 is 1.32 bits per heavy atom. The van der Waals surface area contributed by atoms with Gasteiger partial charge in [0, 0.05) is 19.9 Å². The lowest BCUT2D eigenvalue weighted by atomic mass is 10.1. The van der Waals surface area contributed by atoms with Gasteiger partial charge in [-0.3, -0.25) is 14.0 Å². The first-order valence-electron chi connectivity index (χ1n) is 9.29. The highest BCUT2D eigenvalue weighted by atomic mass is 19.1. The molecule has 0 aliphatic heterocycles. The molecule has 2 heterocycles. The first-order valence-corrected chi connectivity index (χ1v) is 9.29. The van der Waals surface area contributed by atoms with Gasteiger partial charge in [0.2, 0.25) is 5.88 Å². The summed E-state index contributed by atoms with van der Waals surface area (Å²) in [5.41, 5.74) is -0.0753. The van der Waals surface area contributed by atoms with E-state index in [1.165, 1.54) is 35.9 Å². The van der Waals surface area contributed by atoms with Crippen LogP contribution in [-0.2, 0) is 9.53 Å². The van der Waals surface area contributed by atoms with E-state index in [0.717, 1.165) is 6.08 Å². The lowest BCUT2D eigenvalue weighted by Crippen LogP contribution is -2.28. The number of rotatable bonds is 7. The smallest absolute Gasteiger partial charge is 0.269 e. The molecule has 1 aromatic carbocycles. The summed E-state index contributed by atoms with van der Waals surface area (Å²) >= 11 is 0. The van der Waals surface area contributed by atoms with Crippen molar-refractivity contribution < 1.29 is 18.7 Å². The number of amides is 1. The topological polar surface area (TPSA) is 106 Å². The fraction of sp³-hybridized carbons (Fsp3) is 0.182. The number of nitriles is 1. The molecule has 0 aliphatic carbocycles. The van der Waals surface area contributed by atoms with Gasteiger partial charge in [-0.15, -0.1) is 0 Å². The maximum Gasteiger partial charge on any atom is 0.269 e. The van der Waals surface area contributed by atoms with E-state index < -0.39 is 17.3 Å². The van der Waals surface area contributed by atoms with Crippen LogP contribution in [0.15, 0.2) is 53.0 Å². The van der Waals surface area contributed by atoms with E-state index in [1.54, 1.807) is 31.2 Å². The van der Waals surface area contributed by atoms with E-state index in [0.29, 0.717) is 11.2 Å². The quantitative estimate of drug-likeness (QED) is 0.356. The highest BCUT2D eigenvalue weighted by molar-refractivity contribution is 6.01. The number of hydrogen-bond acceptors (Lipinski definition) is 6. The number of carbonyl (C=O) groups is 1. The summed E-state index contributed by atoms with van der Waals surface area (Å²) in [6, 6.07) is 10.8. The number of aromatic nitrogens is 2. The minimum absolute atomic E-state index is 0.148. The zero-order valence-corrected chi connectivity index (χ0v) is 16.9. The molecule has 0 radical (unpaired) electrons. The third-order valence-electron chi connectivity index (χ3n) is 4.34. The SMILES string of the molecule is COCCNC(=O)/C(C#N)=C/c1c(Oc2ccccc2F)nc2c(C)cccn2c1=O. The Bertz CT molecular complexity index is 1260. The summed E-state index contributed by atoms with van der Waals surface area (Å²) in [6.45, 7) is 2.20. The lowest BCUT2D eigenvalue weighted by molar-refractivity contribution is -0.117. The second-order valence-corrected chi connectivity index (χ2v) is 6.47. The van der Waals surface area contributed by atoms with Crippen LogP contribution in [0.25, 0.3) is 11.7 Å². The Labute approximate surface area is 177 Å². The number of pyridine rings is 1. The standard InChI is InChI=1S/C22H19FN4O4/c1-14-6-5-10-27-19(14)26-21(31-18-8-4-3-7-17(18)23)16(22(27)29)12-15(13-24)20(28)25-9-11-30-2/h3-8,10,12H,9,11H2,1-2H3,(H,25,28)/b15-12+. The van der Waals surface area contributed by atoms with Gasteiger partial charge in [0.05, 0.1) is 6.61 Å². The maximum absolute atomic E-state index is 14.2. The van der Waals surface area contributed by atoms with Crippen molar-refractivity contribution in [2.24, 2.45) is 0 Å². The van der Waals surface area contributed by atoms with Crippen LogP contribution in [0.4, 0.5) is 4.39 Å². The molecule has 0 fully saturated rings. The van der Waals surface area contributed by atoms with Gasteiger partial charge in [-0.1, -0.05) is 18.2 Å². The van der Waals surface area contributed by atoms with Crippen molar-refractivity contribution in [3.05, 3.63) is 75.5 Å². The zero-order valence-electron chi connectivity index (χ0n) is 16.9. The number of ether oxygens (including phenoxy) is 2. The third-order valence-corrected chi connectivity index (χ3v) is 4.34.